The van der Waals surface area contributed by atoms with Crippen LogP contribution in [0.1, 0.15) is 6.42 Å². The van der Waals surface area contributed by atoms with E-state index in [9.17, 15) is 75.0 Å². The molecule has 0 saturated carbocycles. The Hall–Kier alpha value is -1.40. The quantitative estimate of drug-likeness (QED) is 0.311. The van der Waals surface area contributed by atoms with Crippen molar-refractivity contribution in [3.05, 3.63) is 0 Å². The normalized spacial score (nSPS) is 17.0. The van der Waals surface area contributed by atoms with Crippen LogP contribution >= 0.6 is 11.6 Å². The zero-order valence-electron chi connectivity index (χ0n) is 13.6. The lowest BCUT2D eigenvalue weighted by Crippen LogP contribution is -2.74. The maximum atomic E-state index is 13.4. The summed E-state index contributed by atoms with van der Waals surface area (Å²) in [6.45, 7) is 0. The second-order valence-electron chi connectivity index (χ2n) is 5.80. The van der Waals surface area contributed by atoms with Crippen LogP contribution in [0, 0.1) is 0 Å². The first-order chi connectivity index (χ1) is 13.1. The molecule has 0 rings (SSSR count). The van der Waals surface area contributed by atoms with Crippen molar-refractivity contribution in [3.8, 4) is 0 Å². The smallest absolute Gasteiger partial charge is 0.393 e. The van der Waals surface area contributed by atoms with Crippen LogP contribution in [0.4, 0.5) is 70.2 Å². The summed E-state index contributed by atoms with van der Waals surface area (Å²) < 4.78 is 210. The zero-order chi connectivity index (χ0) is 25.9. The van der Waals surface area contributed by atoms with Gasteiger partial charge < -0.3 is 10.8 Å². The molecule has 0 aliphatic heterocycles. The van der Waals surface area contributed by atoms with Gasteiger partial charge in [-0.15, -0.1) is 0 Å². The Balaban J connectivity index is 6.66. The molecule has 0 spiro atoms. The first-order valence-electron chi connectivity index (χ1n) is 6.77. The summed E-state index contributed by atoms with van der Waals surface area (Å²) >= 11 is 3.36. The van der Waals surface area contributed by atoms with E-state index in [0.29, 0.717) is 0 Å². The van der Waals surface area contributed by atoms with Crippen molar-refractivity contribution in [2.75, 3.05) is 0 Å². The number of hydrogen-bond acceptors (Lipinski definition) is 2. The van der Waals surface area contributed by atoms with Gasteiger partial charge in [0.2, 0.25) is 0 Å². The highest BCUT2D eigenvalue weighted by molar-refractivity contribution is 6.22. The largest absolute Gasteiger partial charge is 0.480 e. The number of hydrogen-bond donors (Lipinski definition) is 2. The fourth-order valence-electron chi connectivity index (χ4n) is 1.69. The molecule has 31 heavy (non-hydrogen) atoms. The summed E-state index contributed by atoms with van der Waals surface area (Å²) in [6.07, 6.45) is -3.17. The Morgan fingerprint density at radius 2 is 0.903 bits per heavy atom. The van der Waals surface area contributed by atoms with Crippen molar-refractivity contribution < 1.29 is 80.1 Å². The molecule has 3 N–H and O–H groups in total. The van der Waals surface area contributed by atoms with E-state index < -0.39 is 65.3 Å². The van der Waals surface area contributed by atoms with Gasteiger partial charge in [-0.05, 0) is 11.6 Å². The number of alkyl halides is 17. The SMILES string of the molecule is NC(CC(F)(F)C(F)(F)C(F)(F)C(F)(F)C(F)(F)C(F)(F)C(F)(F)C(F)(F)Cl)C(=O)O. The molecule has 0 fully saturated rings. The fourth-order valence-corrected chi connectivity index (χ4v) is 1.81. The first-order valence-corrected chi connectivity index (χ1v) is 7.15. The molecule has 3 nitrogen and oxygen atoms in total. The molecule has 0 radical (unpaired) electrons. The second kappa shape index (κ2) is 7.58. The summed E-state index contributed by atoms with van der Waals surface area (Å²) in [5.74, 6) is -58.9. The summed E-state index contributed by atoms with van der Waals surface area (Å²) in [5, 5.41) is 1.30. The standard InChI is InChI=1S/C11H6ClF16NO2/c12-11(27,28)10(25,26)9(23,24)8(21,22)7(19,20)6(17,18)5(15,16)4(13,14)1-2(29)3(30)31/h2H,1,29H2,(H,30,31). The van der Waals surface area contributed by atoms with E-state index in [1.54, 1.807) is 0 Å². The van der Waals surface area contributed by atoms with Crippen LogP contribution < -0.4 is 5.73 Å². The lowest BCUT2D eigenvalue weighted by Gasteiger charge is -2.43. The summed E-state index contributed by atoms with van der Waals surface area (Å²) in [5.41, 5.74) is 4.30. The van der Waals surface area contributed by atoms with E-state index in [1.165, 1.54) is 0 Å². The van der Waals surface area contributed by atoms with Crippen LogP contribution in [-0.2, 0) is 4.79 Å². The van der Waals surface area contributed by atoms with E-state index in [0.717, 1.165) is 0 Å². The summed E-state index contributed by atoms with van der Waals surface area (Å²) in [4.78, 5) is 10.2. The second-order valence-corrected chi connectivity index (χ2v) is 6.27. The van der Waals surface area contributed by atoms with Crippen LogP contribution in [0.5, 0.6) is 0 Å². The Kier molecular flexibility index (Phi) is 7.24. The van der Waals surface area contributed by atoms with Gasteiger partial charge in [0, 0.05) is 6.42 Å². The van der Waals surface area contributed by atoms with Crippen molar-refractivity contribution >= 4 is 17.6 Å². The van der Waals surface area contributed by atoms with Crippen molar-refractivity contribution in [2.24, 2.45) is 5.73 Å². The molecule has 20 heteroatoms. The number of halogens is 17. The van der Waals surface area contributed by atoms with Crippen molar-refractivity contribution in [3.63, 3.8) is 0 Å². The number of aliphatic carboxylic acids is 1. The van der Waals surface area contributed by atoms with Crippen LogP contribution in [0.3, 0.4) is 0 Å². The van der Waals surface area contributed by atoms with Gasteiger partial charge in [0.05, 0.1) is 0 Å². The molecule has 0 aliphatic carbocycles. The van der Waals surface area contributed by atoms with E-state index in [1.807, 2.05) is 0 Å². The van der Waals surface area contributed by atoms with Crippen LogP contribution in [0.15, 0.2) is 0 Å². The third-order valence-electron chi connectivity index (χ3n) is 3.58. The van der Waals surface area contributed by atoms with Crippen molar-refractivity contribution in [1.29, 1.82) is 0 Å². The van der Waals surface area contributed by atoms with Gasteiger partial charge in [-0.25, -0.2) is 0 Å². The van der Waals surface area contributed by atoms with Crippen LogP contribution in [-0.4, -0.2) is 64.0 Å². The molecule has 1 atom stereocenters. The van der Waals surface area contributed by atoms with Crippen molar-refractivity contribution in [1.82, 2.24) is 0 Å². The monoisotopic (exact) mass is 523 g/mol. The first kappa shape index (κ1) is 29.6. The number of carboxylic acids is 1. The molecule has 186 valence electrons. The van der Waals surface area contributed by atoms with Gasteiger partial charge in [-0.3, -0.25) is 4.79 Å². The van der Waals surface area contributed by atoms with Crippen molar-refractivity contribution in [2.45, 2.75) is 59.3 Å². The van der Waals surface area contributed by atoms with E-state index in [-0.39, 0.29) is 0 Å². The molecule has 0 saturated heterocycles. The average molecular weight is 524 g/mol. The minimum atomic E-state index is -8.59. The molecule has 0 aromatic heterocycles. The van der Waals surface area contributed by atoms with Gasteiger partial charge in [0.25, 0.3) is 0 Å². The zero-order valence-corrected chi connectivity index (χ0v) is 14.4. The maximum absolute atomic E-state index is 13.4. The van der Waals surface area contributed by atoms with Crippen LogP contribution in [0.25, 0.3) is 0 Å². The van der Waals surface area contributed by atoms with Gasteiger partial charge in [0.1, 0.15) is 6.04 Å². The fraction of sp³-hybridized carbons (Fsp3) is 0.909. The van der Waals surface area contributed by atoms with Crippen LogP contribution in [0.2, 0.25) is 0 Å². The predicted molar refractivity (Wildman–Crippen MR) is 65.7 cm³/mol. The minimum absolute atomic E-state index is 2.63. The third kappa shape index (κ3) is 4.06. The van der Waals surface area contributed by atoms with Gasteiger partial charge in [0.15, 0.2) is 0 Å². The highest BCUT2D eigenvalue weighted by Crippen LogP contribution is 2.64. The predicted octanol–water partition coefficient (Wildman–Crippen LogP) is 5.07. The minimum Gasteiger partial charge on any atom is -0.480 e. The third-order valence-corrected chi connectivity index (χ3v) is 3.82. The van der Waals surface area contributed by atoms with Gasteiger partial charge >= 0.3 is 52.8 Å². The maximum Gasteiger partial charge on any atom is 0.393 e. The molecule has 0 aliphatic rings. The van der Waals surface area contributed by atoms with Gasteiger partial charge in [-0.2, -0.15) is 70.2 Å². The van der Waals surface area contributed by atoms with E-state index >= 15 is 0 Å². The summed E-state index contributed by atoms with van der Waals surface area (Å²) in [6, 6.07) is -3.23. The molecule has 1 unspecified atom stereocenters. The molecule has 0 aromatic carbocycles. The Bertz CT molecular complexity index is 688. The number of carboxylic acid groups (broad SMARTS) is 1. The molecular formula is C11H6ClF16NO2. The van der Waals surface area contributed by atoms with E-state index in [4.69, 9.17) is 5.11 Å². The lowest BCUT2D eigenvalue weighted by molar-refractivity contribution is -0.449. The highest BCUT2D eigenvalue weighted by Gasteiger charge is 2.94. The number of nitrogens with two attached hydrogens (primary N) is 1. The highest BCUT2D eigenvalue weighted by atomic mass is 35.5. The molecular weight excluding hydrogens is 518 g/mol. The molecule has 0 bridgehead atoms. The Morgan fingerprint density at radius 1 is 0.645 bits per heavy atom. The average Bonchev–Trinajstić information content (AvgIpc) is 2.51. The molecule has 0 amide bonds. The van der Waals surface area contributed by atoms with Gasteiger partial charge in [-0.1, -0.05) is 0 Å². The Labute approximate surface area is 164 Å². The summed E-state index contributed by atoms with van der Waals surface area (Å²) in [7, 11) is 0. The topological polar surface area (TPSA) is 63.3 Å². The number of carbonyl (C=O) groups is 1. The Morgan fingerprint density at radius 3 is 1.16 bits per heavy atom. The molecule has 0 heterocycles. The lowest BCUT2D eigenvalue weighted by atomic mass is 9.87. The molecule has 0 aromatic rings. The van der Waals surface area contributed by atoms with E-state index in [2.05, 4.69) is 17.3 Å². The number of rotatable bonds is 10.